The molecule has 1 saturated carbocycles. The fraction of sp³-hybridized carbons (Fsp3) is 0.812. The average molecular weight is 321 g/mol. The number of carbonyl (C=O) groups excluding carboxylic acids is 1. The van der Waals surface area contributed by atoms with E-state index in [0.717, 1.165) is 38.8 Å². The summed E-state index contributed by atoms with van der Waals surface area (Å²) in [6.45, 7) is 2.74. The van der Waals surface area contributed by atoms with Crippen molar-refractivity contribution in [3.63, 3.8) is 0 Å². The van der Waals surface area contributed by atoms with E-state index in [-0.39, 0.29) is 18.4 Å². The number of hydrogen-bond donors (Lipinski definition) is 2. The number of nitrogens with one attached hydrogen (secondary N) is 1. The van der Waals surface area contributed by atoms with Gasteiger partial charge in [-0.1, -0.05) is 24.4 Å². The Kier molecular flexibility index (Phi) is 5.61. The highest BCUT2D eigenvalue weighted by Gasteiger charge is 2.27. The molecule has 128 valence electrons. The van der Waals surface area contributed by atoms with E-state index in [1.165, 1.54) is 19.3 Å². The highest BCUT2D eigenvalue weighted by Crippen LogP contribution is 2.21. The van der Waals surface area contributed by atoms with E-state index in [1.54, 1.807) is 0 Å². The number of carbonyl (C=O) groups is 1. The van der Waals surface area contributed by atoms with Crippen molar-refractivity contribution in [2.45, 2.75) is 64.1 Å². The summed E-state index contributed by atoms with van der Waals surface area (Å²) >= 11 is 0. The van der Waals surface area contributed by atoms with Crippen LogP contribution in [0.2, 0.25) is 0 Å². The largest absolute Gasteiger partial charge is 0.353 e. The molecular formula is C16H27N5O2. The normalized spacial score (nSPS) is 21.4. The van der Waals surface area contributed by atoms with Gasteiger partial charge in [-0.2, -0.15) is 4.98 Å². The minimum atomic E-state index is 0.151. The fourth-order valence-electron chi connectivity index (χ4n) is 3.56. The van der Waals surface area contributed by atoms with Gasteiger partial charge in [-0.3, -0.25) is 9.69 Å². The smallest absolute Gasteiger partial charge is 0.240 e. The summed E-state index contributed by atoms with van der Waals surface area (Å²) in [7, 11) is 0. The van der Waals surface area contributed by atoms with Gasteiger partial charge in [-0.05, 0) is 38.8 Å². The first-order valence-electron chi connectivity index (χ1n) is 8.79. The van der Waals surface area contributed by atoms with Gasteiger partial charge in [0.1, 0.15) is 0 Å². The molecule has 1 saturated heterocycles. The lowest BCUT2D eigenvalue weighted by molar-refractivity contribution is -0.127. The van der Waals surface area contributed by atoms with Crippen molar-refractivity contribution in [2.75, 3.05) is 13.1 Å². The van der Waals surface area contributed by atoms with E-state index in [2.05, 4.69) is 20.4 Å². The van der Waals surface area contributed by atoms with Crippen molar-refractivity contribution in [1.82, 2.24) is 20.4 Å². The van der Waals surface area contributed by atoms with Gasteiger partial charge in [0.2, 0.25) is 11.8 Å². The zero-order valence-electron chi connectivity index (χ0n) is 13.7. The minimum absolute atomic E-state index is 0.151. The molecule has 1 aromatic rings. The monoisotopic (exact) mass is 321 g/mol. The maximum atomic E-state index is 12.4. The highest BCUT2D eigenvalue weighted by atomic mass is 16.5. The molecular weight excluding hydrogens is 294 g/mol. The Labute approximate surface area is 137 Å². The quantitative estimate of drug-likeness (QED) is 0.845. The lowest BCUT2D eigenvalue weighted by Crippen LogP contribution is -2.44. The van der Waals surface area contributed by atoms with E-state index in [1.807, 2.05) is 0 Å². The third kappa shape index (κ3) is 4.51. The van der Waals surface area contributed by atoms with Crippen LogP contribution in [0.5, 0.6) is 0 Å². The van der Waals surface area contributed by atoms with E-state index < -0.39 is 0 Å². The number of piperidine rings is 1. The van der Waals surface area contributed by atoms with Gasteiger partial charge in [0.15, 0.2) is 5.82 Å². The van der Waals surface area contributed by atoms with Crippen molar-refractivity contribution in [2.24, 2.45) is 11.7 Å². The number of nitrogens with two attached hydrogens (primary N) is 1. The Hall–Kier alpha value is -1.47. The first-order chi connectivity index (χ1) is 11.2. The first kappa shape index (κ1) is 16.4. The van der Waals surface area contributed by atoms with E-state index in [4.69, 9.17) is 10.3 Å². The number of aromatic nitrogens is 2. The van der Waals surface area contributed by atoms with Crippen LogP contribution in [0, 0.1) is 5.92 Å². The van der Waals surface area contributed by atoms with Crippen LogP contribution in [0.15, 0.2) is 4.52 Å². The fourth-order valence-corrected chi connectivity index (χ4v) is 3.56. The maximum absolute atomic E-state index is 12.4. The Morgan fingerprint density at radius 2 is 1.96 bits per heavy atom. The second kappa shape index (κ2) is 7.88. The van der Waals surface area contributed by atoms with Crippen LogP contribution in [-0.4, -0.2) is 40.1 Å². The Balaban J connectivity index is 1.41. The molecule has 1 amide bonds. The third-order valence-corrected chi connectivity index (χ3v) is 4.96. The molecule has 0 aromatic carbocycles. The zero-order valence-corrected chi connectivity index (χ0v) is 13.7. The Bertz CT molecular complexity index is 504. The average Bonchev–Trinajstić information content (AvgIpc) is 3.04. The van der Waals surface area contributed by atoms with Crippen LogP contribution in [0.4, 0.5) is 0 Å². The molecule has 1 aliphatic carbocycles. The summed E-state index contributed by atoms with van der Waals surface area (Å²) < 4.78 is 5.02. The second-order valence-electron chi connectivity index (χ2n) is 6.70. The van der Waals surface area contributed by atoms with Gasteiger partial charge in [0.25, 0.3) is 0 Å². The van der Waals surface area contributed by atoms with Gasteiger partial charge in [0, 0.05) is 12.0 Å². The molecule has 0 unspecified atom stereocenters. The van der Waals surface area contributed by atoms with Crippen molar-refractivity contribution >= 4 is 5.91 Å². The van der Waals surface area contributed by atoms with Crippen LogP contribution >= 0.6 is 0 Å². The minimum Gasteiger partial charge on any atom is -0.353 e. The van der Waals surface area contributed by atoms with E-state index in [9.17, 15) is 4.79 Å². The highest BCUT2D eigenvalue weighted by molar-refractivity contribution is 5.79. The summed E-state index contributed by atoms with van der Waals surface area (Å²) in [5, 5.41) is 7.18. The van der Waals surface area contributed by atoms with Crippen molar-refractivity contribution in [3.8, 4) is 0 Å². The molecule has 0 atom stereocenters. The standard InChI is InChI=1S/C16H27N5O2/c17-10-15-19-14(20-23-15)11-21-8-6-12(7-9-21)16(22)18-13-4-2-1-3-5-13/h12-13H,1-11,17H2,(H,18,22). The van der Waals surface area contributed by atoms with Gasteiger partial charge >= 0.3 is 0 Å². The second-order valence-corrected chi connectivity index (χ2v) is 6.70. The van der Waals surface area contributed by atoms with Gasteiger partial charge < -0.3 is 15.6 Å². The molecule has 0 bridgehead atoms. The Morgan fingerprint density at radius 3 is 2.61 bits per heavy atom. The topological polar surface area (TPSA) is 97.3 Å². The molecule has 7 heteroatoms. The summed E-state index contributed by atoms with van der Waals surface area (Å²) in [5.41, 5.74) is 5.47. The summed E-state index contributed by atoms with van der Waals surface area (Å²) in [4.78, 5) is 18.9. The van der Waals surface area contributed by atoms with Gasteiger partial charge in [-0.15, -0.1) is 0 Å². The van der Waals surface area contributed by atoms with Crippen molar-refractivity contribution < 1.29 is 9.32 Å². The van der Waals surface area contributed by atoms with Crippen LogP contribution in [0.3, 0.4) is 0 Å². The molecule has 23 heavy (non-hydrogen) atoms. The maximum Gasteiger partial charge on any atom is 0.240 e. The van der Waals surface area contributed by atoms with Crippen molar-refractivity contribution in [3.05, 3.63) is 11.7 Å². The summed E-state index contributed by atoms with van der Waals surface area (Å²) in [5.74, 6) is 1.55. The first-order valence-corrected chi connectivity index (χ1v) is 8.79. The number of nitrogens with zero attached hydrogens (tertiary/aromatic N) is 3. The van der Waals surface area contributed by atoms with Crippen LogP contribution in [0.1, 0.15) is 56.7 Å². The number of rotatable bonds is 5. The van der Waals surface area contributed by atoms with Gasteiger partial charge in [0.05, 0.1) is 13.1 Å². The predicted molar refractivity (Wildman–Crippen MR) is 85.2 cm³/mol. The number of amides is 1. The Morgan fingerprint density at radius 1 is 1.22 bits per heavy atom. The molecule has 1 aliphatic heterocycles. The molecule has 2 heterocycles. The van der Waals surface area contributed by atoms with E-state index in [0.29, 0.717) is 24.3 Å². The molecule has 7 nitrogen and oxygen atoms in total. The zero-order chi connectivity index (χ0) is 16.1. The van der Waals surface area contributed by atoms with E-state index >= 15 is 0 Å². The van der Waals surface area contributed by atoms with Gasteiger partial charge in [-0.25, -0.2) is 0 Å². The van der Waals surface area contributed by atoms with Crippen LogP contribution in [-0.2, 0) is 17.9 Å². The molecule has 0 spiro atoms. The molecule has 3 N–H and O–H groups in total. The molecule has 2 aliphatic rings. The predicted octanol–water partition coefficient (Wildman–Crippen LogP) is 1.19. The van der Waals surface area contributed by atoms with Crippen LogP contribution in [0.25, 0.3) is 0 Å². The number of likely N-dealkylation sites (tertiary alicyclic amines) is 1. The SMILES string of the molecule is NCc1nc(CN2CCC(C(=O)NC3CCCCC3)CC2)no1. The molecule has 3 rings (SSSR count). The molecule has 0 radical (unpaired) electrons. The van der Waals surface area contributed by atoms with Crippen LogP contribution < -0.4 is 11.1 Å². The lowest BCUT2D eigenvalue weighted by atomic mass is 9.92. The molecule has 1 aromatic heterocycles. The summed E-state index contributed by atoms with van der Waals surface area (Å²) in [6, 6.07) is 0.406. The lowest BCUT2D eigenvalue weighted by Gasteiger charge is -2.32. The summed E-state index contributed by atoms with van der Waals surface area (Å²) in [6.07, 6.45) is 7.91. The molecule has 2 fully saturated rings. The third-order valence-electron chi connectivity index (χ3n) is 4.96. The number of hydrogen-bond acceptors (Lipinski definition) is 6. The van der Waals surface area contributed by atoms with Crippen molar-refractivity contribution in [1.29, 1.82) is 0 Å².